The van der Waals surface area contributed by atoms with Gasteiger partial charge < -0.3 is 14.4 Å². The quantitative estimate of drug-likeness (QED) is 0.643. The number of hydrogen-bond acceptors (Lipinski definition) is 4. The molecule has 5 heteroatoms. The Morgan fingerprint density at radius 3 is 2.11 bits per heavy atom. The first-order valence-electron chi connectivity index (χ1n) is 9.83. The van der Waals surface area contributed by atoms with E-state index in [-0.39, 0.29) is 12.0 Å². The lowest BCUT2D eigenvalue weighted by atomic mass is 10.0. The van der Waals surface area contributed by atoms with Crippen molar-refractivity contribution in [3.05, 3.63) is 46.1 Å². The minimum absolute atomic E-state index is 0.0246. The second-order valence-electron chi connectivity index (χ2n) is 7.49. The van der Waals surface area contributed by atoms with Crippen molar-refractivity contribution in [2.45, 2.75) is 60.5 Å². The summed E-state index contributed by atoms with van der Waals surface area (Å²) in [6, 6.07) is 5.67. The Labute approximate surface area is 168 Å². The van der Waals surface area contributed by atoms with E-state index >= 15 is 0 Å². The molecule has 0 saturated carbocycles. The van der Waals surface area contributed by atoms with Crippen LogP contribution in [-0.4, -0.2) is 36.0 Å². The molecule has 0 unspecified atom stereocenters. The standard InChI is InChI=1S/C23H32N2O3/c1-9-19(10-2)27-20-13-16(5)24-22(17(20)6)28-21-14(3)11-18(12-15(21)4)23(26)25(7)8/h11-13,19H,9-10H2,1-8H3. The topological polar surface area (TPSA) is 51.7 Å². The first kappa shape index (κ1) is 21.7. The first-order valence-corrected chi connectivity index (χ1v) is 9.83. The number of amides is 1. The van der Waals surface area contributed by atoms with E-state index in [1.165, 1.54) is 0 Å². The molecule has 2 rings (SSSR count). The third kappa shape index (κ3) is 4.83. The highest BCUT2D eigenvalue weighted by Gasteiger charge is 2.18. The van der Waals surface area contributed by atoms with E-state index in [1.807, 2.05) is 45.9 Å². The van der Waals surface area contributed by atoms with Crippen LogP contribution in [-0.2, 0) is 0 Å². The highest BCUT2D eigenvalue weighted by atomic mass is 16.5. The smallest absolute Gasteiger partial charge is 0.253 e. The SMILES string of the molecule is CCC(CC)Oc1cc(C)nc(Oc2c(C)cc(C(=O)N(C)C)cc2C)c1C. The molecule has 0 aliphatic carbocycles. The molecule has 0 saturated heterocycles. The zero-order valence-corrected chi connectivity index (χ0v) is 18.3. The third-order valence-corrected chi connectivity index (χ3v) is 4.82. The highest BCUT2D eigenvalue weighted by molar-refractivity contribution is 5.94. The molecule has 0 spiro atoms. The van der Waals surface area contributed by atoms with Crippen LogP contribution in [0.3, 0.4) is 0 Å². The summed E-state index contributed by atoms with van der Waals surface area (Å²) in [7, 11) is 3.50. The van der Waals surface area contributed by atoms with Crippen LogP contribution in [0.5, 0.6) is 17.4 Å². The van der Waals surface area contributed by atoms with E-state index in [0.29, 0.717) is 11.4 Å². The summed E-state index contributed by atoms with van der Waals surface area (Å²) < 4.78 is 12.4. The number of benzene rings is 1. The third-order valence-electron chi connectivity index (χ3n) is 4.82. The molecule has 152 valence electrons. The van der Waals surface area contributed by atoms with Crippen molar-refractivity contribution in [1.29, 1.82) is 0 Å². The van der Waals surface area contributed by atoms with Gasteiger partial charge in [0.2, 0.25) is 5.88 Å². The van der Waals surface area contributed by atoms with Crippen LogP contribution in [0, 0.1) is 27.7 Å². The molecule has 1 heterocycles. The zero-order valence-electron chi connectivity index (χ0n) is 18.3. The Balaban J connectivity index is 2.40. The van der Waals surface area contributed by atoms with Gasteiger partial charge in [-0.15, -0.1) is 0 Å². The Bertz CT molecular complexity index is 832. The lowest BCUT2D eigenvalue weighted by molar-refractivity contribution is 0.0827. The molecule has 0 radical (unpaired) electrons. The summed E-state index contributed by atoms with van der Waals surface area (Å²) >= 11 is 0. The molecule has 0 atom stereocenters. The fourth-order valence-corrected chi connectivity index (χ4v) is 3.13. The zero-order chi connectivity index (χ0) is 21.0. The number of pyridine rings is 1. The fraction of sp³-hybridized carbons (Fsp3) is 0.478. The van der Waals surface area contributed by atoms with Crippen molar-refractivity contribution in [1.82, 2.24) is 9.88 Å². The maximum atomic E-state index is 12.3. The van der Waals surface area contributed by atoms with Crippen molar-refractivity contribution in [3.63, 3.8) is 0 Å². The lowest BCUT2D eigenvalue weighted by Gasteiger charge is -2.20. The van der Waals surface area contributed by atoms with Crippen LogP contribution in [0.15, 0.2) is 18.2 Å². The predicted molar refractivity (Wildman–Crippen MR) is 113 cm³/mol. The van der Waals surface area contributed by atoms with Crippen molar-refractivity contribution >= 4 is 5.91 Å². The predicted octanol–water partition coefficient (Wildman–Crippen LogP) is 5.38. The van der Waals surface area contributed by atoms with Gasteiger partial charge in [0.1, 0.15) is 11.5 Å². The Morgan fingerprint density at radius 2 is 1.61 bits per heavy atom. The van der Waals surface area contributed by atoms with E-state index in [1.54, 1.807) is 19.0 Å². The molecule has 0 bridgehead atoms. The lowest BCUT2D eigenvalue weighted by Crippen LogP contribution is -2.21. The van der Waals surface area contributed by atoms with Gasteiger partial charge in [-0.25, -0.2) is 4.98 Å². The minimum atomic E-state index is -0.0246. The maximum Gasteiger partial charge on any atom is 0.253 e. The van der Waals surface area contributed by atoms with Gasteiger partial charge in [0.15, 0.2) is 0 Å². The Hall–Kier alpha value is -2.56. The number of carbonyl (C=O) groups is 1. The molecule has 0 fully saturated rings. The van der Waals surface area contributed by atoms with Crippen LogP contribution in [0.1, 0.15) is 59.4 Å². The van der Waals surface area contributed by atoms with Gasteiger partial charge in [-0.3, -0.25) is 4.79 Å². The number of ether oxygens (including phenoxy) is 2. The van der Waals surface area contributed by atoms with Crippen molar-refractivity contribution in [3.8, 4) is 17.4 Å². The molecule has 2 aromatic rings. The van der Waals surface area contributed by atoms with E-state index in [4.69, 9.17) is 9.47 Å². The van der Waals surface area contributed by atoms with Crippen LogP contribution in [0.2, 0.25) is 0 Å². The average molecular weight is 385 g/mol. The number of carbonyl (C=O) groups excluding carboxylic acids is 1. The molecule has 1 amide bonds. The summed E-state index contributed by atoms with van der Waals surface area (Å²) in [5, 5.41) is 0. The molecule has 1 aromatic carbocycles. The number of aromatic nitrogens is 1. The van der Waals surface area contributed by atoms with E-state index in [0.717, 1.165) is 46.7 Å². The van der Waals surface area contributed by atoms with Gasteiger partial charge in [-0.05, 0) is 63.8 Å². The summed E-state index contributed by atoms with van der Waals surface area (Å²) in [5.41, 5.74) is 4.17. The first-order chi connectivity index (χ1) is 13.2. The maximum absolute atomic E-state index is 12.3. The summed E-state index contributed by atoms with van der Waals surface area (Å²) in [5.74, 6) is 2.05. The van der Waals surface area contributed by atoms with Crippen molar-refractivity contribution in [2.75, 3.05) is 14.1 Å². The minimum Gasteiger partial charge on any atom is -0.490 e. The number of hydrogen-bond donors (Lipinski definition) is 0. The van der Waals surface area contributed by atoms with Gasteiger partial charge in [0.25, 0.3) is 5.91 Å². The van der Waals surface area contributed by atoms with Crippen molar-refractivity contribution < 1.29 is 14.3 Å². The number of aryl methyl sites for hydroxylation is 3. The van der Waals surface area contributed by atoms with Crippen LogP contribution < -0.4 is 9.47 Å². The monoisotopic (exact) mass is 384 g/mol. The summed E-state index contributed by atoms with van der Waals surface area (Å²) in [6.45, 7) is 12.0. The largest absolute Gasteiger partial charge is 0.490 e. The van der Waals surface area contributed by atoms with E-state index in [9.17, 15) is 4.79 Å². The van der Waals surface area contributed by atoms with Gasteiger partial charge in [-0.1, -0.05) is 13.8 Å². The molecule has 1 aromatic heterocycles. The van der Waals surface area contributed by atoms with Crippen molar-refractivity contribution in [2.24, 2.45) is 0 Å². The van der Waals surface area contributed by atoms with Crippen LogP contribution in [0.25, 0.3) is 0 Å². The van der Waals surface area contributed by atoms with Crippen LogP contribution >= 0.6 is 0 Å². The normalized spacial score (nSPS) is 10.9. The second kappa shape index (κ2) is 9.09. The summed E-state index contributed by atoms with van der Waals surface area (Å²) in [6.07, 6.45) is 2.08. The summed E-state index contributed by atoms with van der Waals surface area (Å²) in [4.78, 5) is 18.4. The number of rotatable bonds is 7. The molecule has 28 heavy (non-hydrogen) atoms. The average Bonchev–Trinajstić information content (AvgIpc) is 2.64. The van der Waals surface area contributed by atoms with E-state index < -0.39 is 0 Å². The number of nitrogens with zero attached hydrogens (tertiary/aromatic N) is 2. The van der Waals surface area contributed by atoms with Gasteiger partial charge in [0.05, 0.1) is 11.7 Å². The molecular formula is C23H32N2O3. The Morgan fingerprint density at radius 1 is 1.04 bits per heavy atom. The molecule has 0 aliphatic heterocycles. The van der Waals surface area contributed by atoms with E-state index in [2.05, 4.69) is 18.8 Å². The fourth-order valence-electron chi connectivity index (χ4n) is 3.13. The molecular weight excluding hydrogens is 352 g/mol. The van der Waals surface area contributed by atoms with Gasteiger partial charge in [0, 0.05) is 31.4 Å². The molecule has 0 N–H and O–H groups in total. The molecule has 5 nitrogen and oxygen atoms in total. The van der Waals surface area contributed by atoms with Gasteiger partial charge in [-0.2, -0.15) is 0 Å². The van der Waals surface area contributed by atoms with Gasteiger partial charge >= 0.3 is 0 Å². The Kier molecular flexibility index (Phi) is 7.05. The highest BCUT2D eigenvalue weighted by Crippen LogP contribution is 2.35. The van der Waals surface area contributed by atoms with Crippen LogP contribution in [0.4, 0.5) is 0 Å². The molecule has 0 aliphatic rings. The second-order valence-corrected chi connectivity index (χ2v) is 7.49.